The summed E-state index contributed by atoms with van der Waals surface area (Å²) in [4.78, 5) is 16.8. The topological polar surface area (TPSA) is 68.0 Å². The Morgan fingerprint density at radius 3 is 2.68 bits per heavy atom. The van der Waals surface area contributed by atoms with Crippen molar-refractivity contribution in [3.05, 3.63) is 35.2 Å². The van der Waals surface area contributed by atoms with Crippen LogP contribution in [0.15, 0.2) is 30.3 Å². The number of aromatic nitrogens is 1. The fraction of sp³-hybridized carbons (Fsp3) is 0.286. The number of hydrogen-bond donors (Lipinski definition) is 2. The standard InChI is InChI=1S/C14H17N3OS/c1-9(2)8-11(18)12-13(15)17-14(19-12)16-10-6-4-3-5-7-10/h3-7,9H,8,15H2,1-2H3,(H,16,17). The molecule has 0 radical (unpaired) electrons. The van der Waals surface area contributed by atoms with Crippen molar-refractivity contribution in [1.29, 1.82) is 0 Å². The van der Waals surface area contributed by atoms with E-state index in [1.54, 1.807) is 0 Å². The summed E-state index contributed by atoms with van der Waals surface area (Å²) in [5, 5.41) is 3.80. The van der Waals surface area contributed by atoms with Gasteiger partial charge in [-0.2, -0.15) is 0 Å². The number of hydrogen-bond acceptors (Lipinski definition) is 5. The average molecular weight is 275 g/mol. The van der Waals surface area contributed by atoms with Gasteiger partial charge in [-0.15, -0.1) is 0 Å². The van der Waals surface area contributed by atoms with Gasteiger partial charge in [0.1, 0.15) is 10.7 Å². The first kappa shape index (κ1) is 13.5. The maximum absolute atomic E-state index is 12.0. The molecule has 1 aromatic carbocycles. The van der Waals surface area contributed by atoms with Gasteiger partial charge in [-0.05, 0) is 18.1 Å². The van der Waals surface area contributed by atoms with Crippen LogP contribution in [-0.2, 0) is 0 Å². The molecule has 2 aromatic rings. The van der Waals surface area contributed by atoms with Gasteiger partial charge in [0, 0.05) is 12.1 Å². The highest BCUT2D eigenvalue weighted by Crippen LogP contribution is 2.29. The van der Waals surface area contributed by atoms with Crippen molar-refractivity contribution < 1.29 is 4.79 Å². The summed E-state index contributed by atoms with van der Waals surface area (Å²) in [5.41, 5.74) is 6.74. The number of nitrogens with two attached hydrogens (primary N) is 1. The van der Waals surface area contributed by atoms with Gasteiger partial charge in [-0.3, -0.25) is 4.79 Å². The number of thiazole rings is 1. The predicted molar refractivity (Wildman–Crippen MR) is 80.0 cm³/mol. The van der Waals surface area contributed by atoms with E-state index in [4.69, 9.17) is 5.73 Å². The number of Topliss-reactive ketones (excluding diaryl/α,β-unsaturated/α-hetero) is 1. The Bertz CT molecular complexity index is 563. The Balaban J connectivity index is 2.15. The summed E-state index contributed by atoms with van der Waals surface area (Å²) in [7, 11) is 0. The number of ketones is 1. The van der Waals surface area contributed by atoms with Crippen molar-refractivity contribution in [2.45, 2.75) is 20.3 Å². The fourth-order valence-electron chi connectivity index (χ4n) is 1.69. The molecule has 0 unspecified atom stereocenters. The third kappa shape index (κ3) is 3.54. The van der Waals surface area contributed by atoms with Crippen LogP contribution >= 0.6 is 11.3 Å². The number of benzene rings is 1. The molecule has 19 heavy (non-hydrogen) atoms. The first-order valence-corrected chi connectivity index (χ1v) is 6.99. The lowest BCUT2D eigenvalue weighted by atomic mass is 10.1. The van der Waals surface area contributed by atoms with Gasteiger partial charge in [0.05, 0.1) is 0 Å². The number of para-hydroxylation sites is 1. The Morgan fingerprint density at radius 2 is 2.05 bits per heavy atom. The SMILES string of the molecule is CC(C)CC(=O)c1sc(Nc2ccccc2)nc1N. The molecule has 4 nitrogen and oxygen atoms in total. The van der Waals surface area contributed by atoms with Gasteiger partial charge >= 0.3 is 0 Å². The van der Waals surface area contributed by atoms with E-state index >= 15 is 0 Å². The summed E-state index contributed by atoms with van der Waals surface area (Å²) in [6, 6.07) is 9.69. The number of nitrogens with zero attached hydrogens (tertiary/aromatic N) is 1. The van der Waals surface area contributed by atoms with E-state index in [0.29, 0.717) is 28.2 Å². The van der Waals surface area contributed by atoms with E-state index in [0.717, 1.165) is 5.69 Å². The lowest BCUT2D eigenvalue weighted by Gasteiger charge is -2.01. The van der Waals surface area contributed by atoms with Gasteiger partial charge in [0.25, 0.3) is 0 Å². The highest BCUT2D eigenvalue weighted by molar-refractivity contribution is 7.18. The molecule has 1 aromatic heterocycles. The quantitative estimate of drug-likeness (QED) is 0.816. The minimum atomic E-state index is 0.0612. The molecule has 100 valence electrons. The summed E-state index contributed by atoms with van der Waals surface area (Å²) in [6.45, 7) is 4.02. The van der Waals surface area contributed by atoms with Crippen molar-refractivity contribution in [2.24, 2.45) is 5.92 Å². The Kier molecular flexibility index (Phi) is 4.16. The molecule has 0 spiro atoms. The van der Waals surface area contributed by atoms with Crippen LogP contribution in [0.3, 0.4) is 0 Å². The highest BCUT2D eigenvalue weighted by atomic mass is 32.1. The maximum Gasteiger partial charge on any atom is 0.189 e. The molecular formula is C14H17N3OS. The van der Waals surface area contributed by atoms with Crippen molar-refractivity contribution in [1.82, 2.24) is 4.98 Å². The van der Waals surface area contributed by atoms with Gasteiger partial charge in [-0.25, -0.2) is 4.98 Å². The molecule has 0 atom stereocenters. The molecule has 0 aliphatic rings. The first-order valence-electron chi connectivity index (χ1n) is 6.18. The van der Waals surface area contributed by atoms with Crippen molar-refractivity contribution in [3.8, 4) is 0 Å². The van der Waals surface area contributed by atoms with Crippen LogP contribution < -0.4 is 11.1 Å². The molecule has 2 rings (SSSR count). The lowest BCUT2D eigenvalue weighted by molar-refractivity contribution is 0.0972. The molecular weight excluding hydrogens is 258 g/mol. The molecule has 5 heteroatoms. The summed E-state index contributed by atoms with van der Waals surface area (Å²) >= 11 is 1.31. The zero-order valence-corrected chi connectivity index (χ0v) is 11.8. The molecule has 1 heterocycles. The van der Waals surface area contributed by atoms with Crippen molar-refractivity contribution in [3.63, 3.8) is 0 Å². The molecule has 3 N–H and O–H groups in total. The number of nitrogens with one attached hydrogen (secondary N) is 1. The number of rotatable bonds is 5. The average Bonchev–Trinajstić information content (AvgIpc) is 2.70. The van der Waals surface area contributed by atoms with Gasteiger partial charge in [-0.1, -0.05) is 43.4 Å². The second kappa shape index (κ2) is 5.84. The predicted octanol–water partition coefficient (Wildman–Crippen LogP) is 3.70. The Hall–Kier alpha value is -1.88. The second-order valence-corrected chi connectivity index (χ2v) is 5.74. The molecule has 0 bridgehead atoms. The molecule has 0 saturated carbocycles. The Morgan fingerprint density at radius 1 is 1.37 bits per heavy atom. The minimum Gasteiger partial charge on any atom is -0.382 e. The highest BCUT2D eigenvalue weighted by Gasteiger charge is 2.17. The van der Waals surface area contributed by atoms with Crippen molar-refractivity contribution >= 4 is 33.8 Å². The zero-order chi connectivity index (χ0) is 13.8. The summed E-state index contributed by atoms with van der Waals surface area (Å²) in [5.74, 6) is 0.694. The van der Waals surface area contributed by atoms with E-state index in [1.807, 2.05) is 44.2 Å². The minimum absolute atomic E-state index is 0.0612. The van der Waals surface area contributed by atoms with E-state index < -0.39 is 0 Å². The third-order valence-electron chi connectivity index (χ3n) is 2.53. The Labute approximate surface area is 116 Å². The molecule has 0 aliphatic carbocycles. The van der Waals surface area contributed by atoms with Crippen LogP contribution in [0, 0.1) is 5.92 Å². The van der Waals surface area contributed by atoms with Crippen LogP contribution in [0.5, 0.6) is 0 Å². The molecule has 0 fully saturated rings. The van der Waals surface area contributed by atoms with E-state index in [1.165, 1.54) is 11.3 Å². The summed E-state index contributed by atoms with van der Waals surface area (Å²) in [6.07, 6.45) is 0.497. The molecule has 0 aliphatic heterocycles. The van der Waals surface area contributed by atoms with Crippen LogP contribution in [0.2, 0.25) is 0 Å². The van der Waals surface area contributed by atoms with E-state index in [-0.39, 0.29) is 5.78 Å². The van der Waals surface area contributed by atoms with Crippen LogP contribution in [0.4, 0.5) is 16.6 Å². The van der Waals surface area contributed by atoms with E-state index in [9.17, 15) is 4.79 Å². The number of anilines is 3. The number of nitrogen functional groups attached to an aromatic ring is 1. The first-order chi connectivity index (χ1) is 9.06. The molecule has 0 saturated heterocycles. The number of carbonyl (C=O) groups excluding carboxylic acids is 1. The smallest absolute Gasteiger partial charge is 0.189 e. The second-order valence-electron chi connectivity index (χ2n) is 4.75. The van der Waals surface area contributed by atoms with Crippen LogP contribution in [-0.4, -0.2) is 10.8 Å². The third-order valence-corrected chi connectivity index (χ3v) is 3.55. The zero-order valence-electron chi connectivity index (χ0n) is 11.0. The van der Waals surface area contributed by atoms with E-state index in [2.05, 4.69) is 10.3 Å². The van der Waals surface area contributed by atoms with Gasteiger partial charge in [0.15, 0.2) is 10.9 Å². The molecule has 0 amide bonds. The van der Waals surface area contributed by atoms with Crippen molar-refractivity contribution in [2.75, 3.05) is 11.1 Å². The fourth-order valence-corrected chi connectivity index (χ4v) is 2.55. The number of carbonyl (C=O) groups is 1. The lowest BCUT2D eigenvalue weighted by Crippen LogP contribution is -2.04. The largest absolute Gasteiger partial charge is 0.382 e. The van der Waals surface area contributed by atoms with Gasteiger partial charge < -0.3 is 11.1 Å². The van der Waals surface area contributed by atoms with Gasteiger partial charge in [0.2, 0.25) is 0 Å². The maximum atomic E-state index is 12.0. The summed E-state index contributed by atoms with van der Waals surface area (Å²) < 4.78 is 0. The normalized spacial score (nSPS) is 10.7. The monoisotopic (exact) mass is 275 g/mol. The van der Waals surface area contributed by atoms with Crippen LogP contribution in [0.1, 0.15) is 29.9 Å². The van der Waals surface area contributed by atoms with Crippen LogP contribution in [0.25, 0.3) is 0 Å².